The zero-order chi connectivity index (χ0) is 19.2. The molecule has 26 heavy (non-hydrogen) atoms. The van der Waals surface area contributed by atoms with Gasteiger partial charge in [0.05, 0.1) is 7.11 Å². The summed E-state index contributed by atoms with van der Waals surface area (Å²) in [5.41, 5.74) is -0.361. The summed E-state index contributed by atoms with van der Waals surface area (Å²) in [5, 5.41) is 39.1. The van der Waals surface area contributed by atoms with Crippen LogP contribution >= 0.6 is 0 Å². The highest BCUT2D eigenvalue weighted by Gasteiger charge is 2.24. The Morgan fingerprint density at radius 3 is 2.27 bits per heavy atom. The fourth-order valence-corrected chi connectivity index (χ4v) is 2.58. The molecule has 0 atom stereocenters. The molecule has 0 bridgehead atoms. The molecule has 0 aliphatic heterocycles. The number of aromatic hydroxyl groups is 4. The molecule has 0 saturated carbocycles. The van der Waals surface area contributed by atoms with Crippen molar-refractivity contribution in [1.29, 1.82) is 0 Å². The van der Waals surface area contributed by atoms with Crippen molar-refractivity contribution in [2.24, 2.45) is 0 Å². The van der Waals surface area contributed by atoms with E-state index in [1.165, 1.54) is 33.1 Å². The van der Waals surface area contributed by atoms with E-state index in [-0.39, 0.29) is 51.0 Å². The Balaban J connectivity index is 2.29. The molecule has 3 rings (SSSR count). The van der Waals surface area contributed by atoms with Gasteiger partial charge in [-0.05, 0) is 26.0 Å². The van der Waals surface area contributed by atoms with Crippen LogP contribution in [0.25, 0.3) is 11.0 Å². The molecule has 1 heterocycles. The monoisotopic (exact) mass is 360 g/mol. The number of benzene rings is 2. The Bertz CT molecular complexity index is 1080. The van der Waals surface area contributed by atoms with E-state index in [1.54, 1.807) is 0 Å². The minimum atomic E-state index is -0.685. The highest BCUT2D eigenvalue weighted by molar-refractivity contribution is 5.91. The first-order valence-electron chi connectivity index (χ1n) is 7.52. The van der Waals surface area contributed by atoms with Gasteiger partial charge in [0.1, 0.15) is 22.6 Å². The van der Waals surface area contributed by atoms with E-state index in [0.717, 1.165) is 6.07 Å². The predicted octanol–water partition coefficient (Wildman–Crippen LogP) is 3.03. The number of hydrogen-bond acceptors (Lipinski definition) is 8. The smallest absolute Gasteiger partial charge is 0.338 e. The lowest BCUT2D eigenvalue weighted by atomic mass is 10.0. The van der Waals surface area contributed by atoms with E-state index in [9.17, 15) is 25.2 Å². The van der Waals surface area contributed by atoms with Gasteiger partial charge in [0.15, 0.2) is 17.1 Å². The lowest BCUT2D eigenvalue weighted by Gasteiger charge is -2.14. The highest BCUT2D eigenvalue weighted by atomic mass is 16.6. The minimum Gasteiger partial charge on any atom is -0.507 e. The molecule has 136 valence electrons. The zero-order valence-corrected chi connectivity index (χ0v) is 14.2. The fourth-order valence-electron chi connectivity index (χ4n) is 2.58. The lowest BCUT2D eigenvalue weighted by molar-refractivity contribution is 0.302. The first kappa shape index (κ1) is 17.3. The van der Waals surface area contributed by atoms with E-state index in [4.69, 9.17) is 13.9 Å². The lowest BCUT2D eigenvalue weighted by Crippen LogP contribution is -2.09. The number of ether oxygens (including phenoxy) is 2. The summed E-state index contributed by atoms with van der Waals surface area (Å²) in [5.74, 6) is -1.96. The van der Waals surface area contributed by atoms with Crippen molar-refractivity contribution in [2.75, 3.05) is 7.11 Å². The largest absolute Gasteiger partial charge is 0.507 e. The first-order chi connectivity index (χ1) is 12.3. The number of methoxy groups -OCH3 is 1. The minimum absolute atomic E-state index is 0.0607. The molecule has 0 spiro atoms. The van der Waals surface area contributed by atoms with Gasteiger partial charge in [-0.25, -0.2) is 0 Å². The maximum absolute atomic E-state index is 12.7. The Morgan fingerprint density at radius 1 is 0.962 bits per heavy atom. The maximum atomic E-state index is 12.7. The molecule has 0 aliphatic rings. The molecule has 0 radical (unpaired) electrons. The predicted molar refractivity (Wildman–Crippen MR) is 91.7 cm³/mol. The van der Waals surface area contributed by atoms with Gasteiger partial charge in [0.25, 0.3) is 0 Å². The van der Waals surface area contributed by atoms with Gasteiger partial charge in [-0.15, -0.1) is 0 Å². The van der Waals surface area contributed by atoms with Crippen molar-refractivity contribution >= 4 is 11.0 Å². The van der Waals surface area contributed by atoms with Crippen molar-refractivity contribution in [1.82, 2.24) is 0 Å². The Kier molecular flexibility index (Phi) is 4.03. The SMILES string of the molecule is COc1c(Oc2ccc(O)c(O)c2)oc2c(C)c(O)c(C)c(O)c2c1=O. The number of fused-ring (bicyclic) bond motifs is 1. The summed E-state index contributed by atoms with van der Waals surface area (Å²) in [7, 11) is 1.23. The van der Waals surface area contributed by atoms with Crippen molar-refractivity contribution in [3.05, 3.63) is 39.5 Å². The van der Waals surface area contributed by atoms with Gasteiger partial charge in [0.2, 0.25) is 11.2 Å². The second-order valence-electron chi connectivity index (χ2n) is 5.66. The molecule has 8 nitrogen and oxygen atoms in total. The van der Waals surface area contributed by atoms with Crippen molar-refractivity contribution in [2.45, 2.75) is 13.8 Å². The third kappa shape index (κ3) is 2.52. The highest BCUT2D eigenvalue weighted by Crippen LogP contribution is 2.42. The van der Waals surface area contributed by atoms with Crippen LogP contribution in [0.4, 0.5) is 0 Å². The molecule has 2 aromatic carbocycles. The summed E-state index contributed by atoms with van der Waals surface area (Å²) in [6.45, 7) is 2.99. The van der Waals surface area contributed by atoms with Crippen LogP contribution in [0.2, 0.25) is 0 Å². The number of rotatable bonds is 3. The molecule has 0 saturated heterocycles. The van der Waals surface area contributed by atoms with Gasteiger partial charge in [0, 0.05) is 17.2 Å². The van der Waals surface area contributed by atoms with Crippen LogP contribution in [0, 0.1) is 13.8 Å². The Labute approximate surface area is 147 Å². The Hall–Kier alpha value is -3.55. The van der Waals surface area contributed by atoms with Gasteiger partial charge >= 0.3 is 5.95 Å². The van der Waals surface area contributed by atoms with Gasteiger partial charge < -0.3 is 34.3 Å². The fraction of sp³-hybridized carbons (Fsp3) is 0.167. The van der Waals surface area contributed by atoms with Crippen molar-refractivity contribution in [3.63, 3.8) is 0 Å². The number of phenols is 4. The van der Waals surface area contributed by atoms with Crippen LogP contribution in [0.15, 0.2) is 27.4 Å². The molecule has 1 aromatic heterocycles. The first-order valence-corrected chi connectivity index (χ1v) is 7.52. The second-order valence-corrected chi connectivity index (χ2v) is 5.66. The molecule has 3 aromatic rings. The molecule has 0 aliphatic carbocycles. The standard InChI is InChI=1S/C18H16O8/c1-7-13(21)8(2)16-12(14(7)22)15(23)17(24-3)18(26-16)25-9-4-5-10(19)11(20)6-9/h4-6,19-22H,1-3H3. The summed E-state index contributed by atoms with van der Waals surface area (Å²) >= 11 is 0. The van der Waals surface area contributed by atoms with E-state index in [0.29, 0.717) is 0 Å². The van der Waals surface area contributed by atoms with Crippen molar-refractivity contribution < 1.29 is 34.3 Å². The quantitative estimate of drug-likeness (QED) is 0.525. The summed E-state index contributed by atoms with van der Waals surface area (Å²) in [6, 6.07) is 3.66. The van der Waals surface area contributed by atoms with E-state index < -0.39 is 16.9 Å². The average Bonchev–Trinajstić information content (AvgIpc) is 2.61. The molecule has 0 fully saturated rings. The molecule has 0 amide bonds. The Morgan fingerprint density at radius 2 is 1.65 bits per heavy atom. The molecule has 0 unspecified atom stereocenters. The molecule has 8 heteroatoms. The van der Waals surface area contributed by atoms with Crippen LogP contribution in [0.3, 0.4) is 0 Å². The third-order valence-corrected chi connectivity index (χ3v) is 4.05. The second kappa shape index (κ2) is 6.07. The summed E-state index contributed by atoms with van der Waals surface area (Å²) < 4.78 is 16.1. The van der Waals surface area contributed by atoms with Crippen LogP contribution < -0.4 is 14.9 Å². The van der Waals surface area contributed by atoms with Gasteiger partial charge in [-0.3, -0.25) is 4.79 Å². The van der Waals surface area contributed by atoms with E-state index >= 15 is 0 Å². The van der Waals surface area contributed by atoms with Crippen LogP contribution in [-0.2, 0) is 0 Å². The topological polar surface area (TPSA) is 130 Å². The average molecular weight is 360 g/mol. The molecule has 4 N–H and O–H groups in total. The van der Waals surface area contributed by atoms with Crippen LogP contribution in [-0.4, -0.2) is 27.5 Å². The van der Waals surface area contributed by atoms with E-state index in [1.807, 2.05) is 0 Å². The number of aryl methyl sites for hydroxylation is 1. The van der Waals surface area contributed by atoms with Crippen molar-refractivity contribution in [3.8, 4) is 40.4 Å². The van der Waals surface area contributed by atoms with E-state index in [2.05, 4.69) is 0 Å². The maximum Gasteiger partial charge on any atom is 0.338 e. The molecular formula is C18H16O8. The normalized spacial score (nSPS) is 10.9. The van der Waals surface area contributed by atoms with Crippen LogP contribution in [0.5, 0.6) is 40.4 Å². The van der Waals surface area contributed by atoms with Crippen LogP contribution in [0.1, 0.15) is 11.1 Å². The third-order valence-electron chi connectivity index (χ3n) is 4.05. The number of hydrogen-bond donors (Lipinski definition) is 4. The zero-order valence-electron chi connectivity index (χ0n) is 14.2. The number of phenolic OH excluding ortho intramolecular Hbond substituents is 4. The van der Waals surface area contributed by atoms with Gasteiger partial charge in [-0.2, -0.15) is 0 Å². The summed E-state index contributed by atoms with van der Waals surface area (Å²) in [4.78, 5) is 12.7. The molecular weight excluding hydrogens is 344 g/mol. The summed E-state index contributed by atoms with van der Waals surface area (Å²) in [6.07, 6.45) is 0. The van der Waals surface area contributed by atoms with Gasteiger partial charge in [-0.1, -0.05) is 0 Å².